The Bertz CT molecular complexity index is 489. The molecule has 1 aromatic carbocycles. The summed E-state index contributed by atoms with van der Waals surface area (Å²) < 4.78 is 0. The molecule has 0 amide bonds. The molecular formula is C14H14N2. The van der Waals surface area contributed by atoms with Gasteiger partial charge in [-0.1, -0.05) is 30.9 Å². The Morgan fingerprint density at radius 1 is 1.25 bits per heavy atom. The molecule has 80 valence electrons. The van der Waals surface area contributed by atoms with E-state index in [2.05, 4.69) is 23.8 Å². The van der Waals surface area contributed by atoms with Crippen LogP contribution < -0.4 is 5.32 Å². The highest BCUT2D eigenvalue weighted by Gasteiger charge is 1.98. The molecule has 2 aromatic rings. The molecule has 2 rings (SSSR count). The lowest BCUT2D eigenvalue weighted by atomic mass is 10.1. The molecule has 0 atom stereocenters. The Hall–Kier alpha value is -2.09. The number of rotatable bonds is 3. The summed E-state index contributed by atoms with van der Waals surface area (Å²) in [5.74, 6) is 0.856. The van der Waals surface area contributed by atoms with Gasteiger partial charge in [-0.2, -0.15) is 0 Å². The van der Waals surface area contributed by atoms with E-state index in [1.807, 2.05) is 48.7 Å². The molecule has 0 aliphatic rings. The van der Waals surface area contributed by atoms with E-state index in [9.17, 15) is 0 Å². The maximum absolute atomic E-state index is 4.32. The maximum Gasteiger partial charge on any atom is 0.130 e. The van der Waals surface area contributed by atoms with Gasteiger partial charge in [0.1, 0.15) is 5.82 Å². The summed E-state index contributed by atoms with van der Waals surface area (Å²) in [5, 5.41) is 3.25. The quantitative estimate of drug-likeness (QED) is 0.834. The molecule has 0 bridgehead atoms. The number of pyridine rings is 1. The van der Waals surface area contributed by atoms with Crippen molar-refractivity contribution in [1.82, 2.24) is 4.98 Å². The summed E-state index contributed by atoms with van der Waals surface area (Å²) in [6.45, 7) is 5.80. The van der Waals surface area contributed by atoms with E-state index in [0.717, 1.165) is 17.1 Å². The summed E-state index contributed by atoms with van der Waals surface area (Å²) in [4.78, 5) is 4.32. The number of nitrogens with zero attached hydrogens (tertiary/aromatic N) is 1. The van der Waals surface area contributed by atoms with Crippen LogP contribution in [0.15, 0.2) is 49.2 Å². The number of aryl methyl sites for hydroxylation is 1. The Balaban J connectivity index is 2.23. The van der Waals surface area contributed by atoms with Crippen LogP contribution in [0.3, 0.4) is 0 Å². The van der Waals surface area contributed by atoms with Gasteiger partial charge in [-0.15, -0.1) is 0 Å². The van der Waals surface area contributed by atoms with Crippen LogP contribution in [0.1, 0.15) is 11.1 Å². The third-order valence-electron chi connectivity index (χ3n) is 2.42. The minimum Gasteiger partial charge on any atom is -0.340 e. The molecule has 0 aliphatic heterocycles. The summed E-state index contributed by atoms with van der Waals surface area (Å²) in [5.41, 5.74) is 3.28. The lowest BCUT2D eigenvalue weighted by molar-refractivity contribution is 1.26. The molecule has 0 fully saturated rings. The molecule has 0 saturated heterocycles. The first-order valence-corrected chi connectivity index (χ1v) is 5.21. The number of para-hydroxylation sites is 1. The minimum atomic E-state index is 0.856. The van der Waals surface area contributed by atoms with Crippen LogP contribution in [0.25, 0.3) is 6.08 Å². The van der Waals surface area contributed by atoms with Gasteiger partial charge < -0.3 is 5.32 Å². The fourth-order valence-corrected chi connectivity index (χ4v) is 1.52. The Morgan fingerprint density at radius 2 is 2.00 bits per heavy atom. The van der Waals surface area contributed by atoms with Gasteiger partial charge in [-0.05, 0) is 36.2 Å². The zero-order valence-corrected chi connectivity index (χ0v) is 9.27. The maximum atomic E-state index is 4.32. The highest BCUT2D eigenvalue weighted by molar-refractivity contribution is 5.59. The zero-order chi connectivity index (χ0) is 11.4. The van der Waals surface area contributed by atoms with Crippen molar-refractivity contribution in [3.05, 3.63) is 60.3 Å². The smallest absolute Gasteiger partial charge is 0.130 e. The van der Waals surface area contributed by atoms with Crippen molar-refractivity contribution in [2.75, 3.05) is 5.32 Å². The van der Waals surface area contributed by atoms with Gasteiger partial charge >= 0.3 is 0 Å². The second-order valence-corrected chi connectivity index (χ2v) is 3.62. The molecular weight excluding hydrogens is 196 g/mol. The van der Waals surface area contributed by atoms with Crippen molar-refractivity contribution in [2.45, 2.75) is 6.92 Å². The van der Waals surface area contributed by atoms with Gasteiger partial charge in [0.2, 0.25) is 0 Å². The van der Waals surface area contributed by atoms with Crippen LogP contribution >= 0.6 is 0 Å². The van der Waals surface area contributed by atoms with E-state index in [0.29, 0.717) is 0 Å². The molecule has 1 N–H and O–H groups in total. The van der Waals surface area contributed by atoms with Gasteiger partial charge in [0.25, 0.3) is 0 Å². The van der Waals surface area contributed by atoms with Crippen LogP contribution in [0.2, 0.25) is 0 Å². The lowest BCUT2D eigenvalue weighted by Gasteiger charge is -2.07. The van der Waals surface area contributed by atoms with E-state index in [-0.39, 0.29) is 0 Å². The van der Waals surface area contributed by atoms with E-state index in [4.69, 9.17) is 0 Å². The van der Waals surface area contributed by atoms with E-state index in [1.54, 1.807) is 0 Å². The normalized spacial score (nSPS) is 9.81. The molecule has 2 nitrogen and oxygen atoms in total. The second kappa shape index (κ2) is 4.62. The molecule has 0 aliphatic carbocycles. The Morgan fingerprint density at radius 3 is 2.62 bits per heavy atom. The molecule has 1 aromatic heterocycles. The van der Waals surface area contributed by atoms with Crippen molar-refractivity contribution >= 4 is 17.6 Å². The predicted octanol–water partition coefficient (Wildman–Crippen LogP) is 3.78. The van der Waals surface area contributed by atoms with Gasteiger partial charge in [-0.3, -0.25) is 0 Å². The second-order valence-electron chi connectivity index (χ2n) is 3.62. The zero-order valence-electron chi connectivity index (χ0n) is 9.27. The molecule has 2 heteroatoms. The number of aromatic nitrogens is 1. The average molecular weight is 210 g/mol. The summed E-state index contributed by atoms with van der Waals surface area (Å²) in [7, 11) is 0. The van der Waals surface area contributed by atoms with Crippen molar-refractivity contribution in [3.63, 3.8) is 0 Å². The van der Waals surface area contributed by atoms with Gasteiger partial charge in [0.15, 0.2) is 0 Å². The van der Waals surface area contributed by atoms with Crippen LogP contribution in [0, 0.1) is 6.92 Å². The van der Waals surface area contributed by atoms with Crippen LogP contribution in [0.4, 0.5) is 11.5 Å². The van der Waals surface area contributed by atoms with Gasteiger partial charge in [-0.25, -0.2) is 4.98 Å². The van der Waals surface area contributed by atoms with Gasteiger partial charge in [0.05, 0.1) is 0 Å². The van der Waals surface area contributed by atoms with E-state index < -0.39 is 0 Å². The number of hydrogen-bond acceptors (Lipinski definition) is 2. The number of anilines is 2. The van der Waals surface area contributed by atoms with Gasteiger partial charge in [0, 0.05) is 11.9 Å². The number of nitrogens with one attached hydrogen (secondary N) is 1. The third kappa shape index (κ3) is 2.28. The molecule has 0 saturated carbocycles. The Kier molecular flexibility index (Phi) is 3.01. The Labute approximate surface area is 95.7 Å². The SMILES string of the molecule is C=Cc1cnc(Nc2ccccc2)cc1C. The van der Waals surface area contributed by atoms with Crippen molar-refractivity contribution in [1.29, 1.82) is 0 Å². The topological polar surface area (TPSA) is 24.9 Å². The lowest BCUT2D eigenvalue weighted by Crippen LogP contribution is -1.94. The molecule has 0 unspecified atom stereocenters. The fraction of sp³-hybridized carbons (Fsp3) is 0.0714. The van der Waals surface area contributed by atoms with Crippen molar-refractivity contribution < 1.29 is 0 Å². The average Bonchev–Trinajstić information content (AvgIpc) is 2.31. The summed E-state index contributed by atoms with van der Waals surface area (Å²) >= 11 is 0. The summed E-state index contributed by atoms with van der Waals surface area (Å²) in [6, 6.07) is 12.0. The molecule has 0 radical (unpaired) electrons. The molecule has 0 spiro atoms. The van der Waals surface area contributed by atoms with Crippen LogP contribution in [-0.4, -0.2) is 4.98 Å². The van der Waals surface area contributed by atoms with Crippen LogP contribution in [-0.2, 0) is 0 Å². The largest absolute Gasteiger partial charge is 0.340 e. The van der Waals surface area contributed by atoms with E-state index in [1.165, 1.54) is 5.56 Å². The predicted molar refractivity (Wildman–Crippen MR) is 68.8 cm³/mol. The number of hydrogen-bond donors (Lipinski definition) is 1. The fourth-order valence-electron chi connectivity index (χ4n) is 1.52. The summed E-state index contributed by atoms with van der Waals surface area (Å²) in [6.07, 6.45) is 3.64. The monoisotopic (exact) mass is 210 g/mol. The first-order valence-electron chi connectivity index (χ1n) is 5.21. The molecule has 16 heavy (non-hydrogen) atoms. The van der Waals surface area contributed by atoms with Crippen molar-refractivity contribution in [3.8, 4) is 0 Å². The van der Waals surface area contributed by atoms with Crippen molar-refractivity contribution in [2.24, 2.45) is 0 Å². The highest BCUT2D eigenvalue weighted by Crippen LogP contribution is 2.17. The number of benzene rings is 1. The highest BCUT2D eigenvalue weighted by atomic mass is 15.0. The minimum absolute atomic E-state index is 0.856. The molecule has 1 heterocycles. The third-order valence-corrected chi connectivity index (χ3v) is 2.42. The standard InChI is InChI=1S/C14H14N2/c1-3-12-10-15-14(9-11(12)2)16-13-7-5-4-6-8-13/h3-10H,1H2,2H3,(H,15,16). The van der Waals surface area contributed by atoms with Crippen LogP contribution in [0.5, 0.6) is 0 Å². The first kappa shape index (κ1) is 10.4. The van der Waals surface area contributed by atoms with E-state index >= 15 is 0 Å². The first-order chi connectivity index (χ1) is 7.79.